The van der Waals surface area contributed by atoms with Gasteiger partial charge in [-0.25, -0.2) is 0 Å². The molecule has 188 valence electrons. The number of hydrogen-bond acceptors (Lipinski definition) is 9. The van der Waals surface area contributed by atoms with E-state index in [1.165, 1.54) is 37.4 Å². The number of para-hydroxylation sites is 1. The molecule has 3 aromatic rings. The Hall–Kier alpha value is -4.71. The van der Waals surface area contributed by atoms with Crippen molar-refractivity contribution in [3.8, 4) is 11.5 Å². The van der Waals surface area contributed by atoms with Crippen molar-refractivity contribution in [2.45, 2.75) is 13.2 Å². The molecule has 0 unspecified atom stereocenters. The number of benzene rings is 3. The Balaban J connectivity index is 1.48. The summed E-state index contributed by atoms with van der Waals surface area (Å²) in [6, 6.07) is 16.8. The smallest absolute Gasteiger partial charge is 0.293 e. The maximum atomic E-state index is 12.9. The van der Waals surface area contributed by atoms with E-state index in [0.29, 0.717) is 28.2 Å². The summed E-state index contributed by atoms with van der Waals surface area (Å²) >= 11 is 0.788. The van der Waals surface area contributed by atoms with Crippen LogP contribution < -0.4 is 9.47 Å². The zero-order valence-electron chi connectivity index (χ0n) is 19.4. The maximum absolute atomic E-state index is 12.9. The quantitative estimate of drug-likeness (QED) is 0.207. The Labute approximate surface area is 214 Å². The lowest BCUT2D eigenvalue weighted by Crippen LogP contribution is -2.27. The van der Waals surface area contributed by atoms with Gasteiger partial charge < -0.3 is 9.47 Å². The minimum Gasteiger partial charge on any atom is -0.493 e. The van der Waals surface area contributed by atoms with E-state index >= 15 is 0 Å². The van der Waals surface area contributed by atoms with Crippen LogP contribution in [0.1, 0.15) is 16.7 Å². The summed E-state index contributed by atoms with van der Waals surface area (Å²) in [5.41, 5.74) is 1.43. The Morgan fingerprint density at radius 1 is 0.946 bits per heavy atom. The van der Waals surface area contributed by atoms with Gasteiger partial charge in [-0.1, -0.05) is 30.3 Å². The van der Waals surface area contributed by atoms with Crippen LogP contribution in [0.5, 0.6) is 11.5 Å². The predicted molar refractivity (Wildman–Crippen MR) is 135 cm³/mol. The van der Waals surface area contributed by atoms with Crippen molar-refractivity contribution in [1.29, 1.82) is 0 Å². The van der Waals surface area contributed by atoms with E-state index in [1.54, 1.807) is 42.5 Å². The number of thioether (sulfide) groups is 1. The number of hydrogen-bond donors (Lipinski definition) is 0. The minimum absolute atomic E-state index is 0.0122. The molecule has 0 aromatic heterocycles. The van der Waals surface area contributed by atoms with E-state index in [-0.39, 0.29) is 29.4 Å². The van der Waals surface area contributed by atoms with Gasteiger partial charge in [-0.05, 0) is 47.2 Å². The second-order valence-electron chi connectivity index (χ2n) is 7.78. The Kier molecular flexibility index (Phi) is 7.49. The molecule has 11 nitrogen and oxygen atoms in total. The molecule has 37 heavy (non-hydrogen) atoms. The minimum atomic E-state index is -0.525. The molecule has 3 aromatic carbocycles. The lowest BCUT2D eigenvalue weighted by atomic mass is 10.1. The second-order valence-corrected chi connectivity index (χ2v) is 8.77. The standard InChI is InChI=1S/C25H19N3O8S/c1-35-22-12-17(8-11-21(22)36-15-18-4-2-3-5-20(18)28(33)34)13-23-24(29)26(25(30)37-23)14-16-6-9-19(10-7-16)27(31)32/h2-13H,14-15H2,1H3/b23-13-. The normalized spacial score (nSPS) is 14.2. The van der Waals surface area contributed by atoms with Crippen molar-refractivity contribution in [3.63, 3.8) is 0 Å². The third kappa shape index (κ3) is 5.76. The Morgan fingerprint density at radius 3 is 2.35 bits per heavy atom. The number of amides is 2. The van der Waals surface area contributed by atoms with Crippen LogP contribution in [0.3, 0.4) is 0 Å². The van der Waals surface area contributed by atoms with Gasteiger partial charge in [0, 0.05) is 18.2 Å². The number of methoxy groups -OCH3 is 1. The summed E-state index contributed by atoms with van der Waals surface area (Å²) < 4.78 is 11.1. The van der Waals surface area contributed by atoms with Gasteiger partial charge in [0.05, 0.1) is 34.0 Å². The monoisotopic (exact) mass is 521 g/mol. The number of non-ortho nitro benzene ring substituents is 1. The van der Waals surface area contributed by atoms with E-state index in [9.17, 15) is 29.8 Å². The van der Waals surface area contributed by atoms with E-state index in [1.807, 2.05) is 0 Å². The molecule has 0 saturated carbocycles. The lowest BCUT2D eigenvalue weighted by Gasteiger charge is -2.12. The Bertz CT molecular complexity index is 1420. The molecule has 0 spiro atoms. The largest absolute Gasteiger partial charge is 0.493 e. The number of nitrogens with zero attached hydrogens (tertiary/aromatic N) is 3. The molecule has 12 heteroatoms. The molecule has 0 aliphatic carbocycles. The van der Waals surface area contributed by atoms with E-state index < -0.39 is 21.0 Å². The van der Waals surface area contributed by atoms with Crippen LogP contribution >= 0.6 is 11.8 Å². The van der Waals surface area contributed by atoms with Gasteiger partial charge in [-0.2, -0.15) is 0 Å². The first-order valence-electron chi connectivity index (χ1n) is 10.8. The van der Waals surface area contributed by atoms with Crippen LogP contribution in [0.15, 0.2) is 71.6 Å². The Morgan fingerprint density at radius 2 is 1.68 bits per heavy atom. The lowest BCUT2D eigenvalue weighted by molar-refractivity contribution is -0.385. The van der Waals surface area contributed by atoms with Crippen LogP contribution in [-0.2, 0) is 17.9 Å². The third-order valence-electron chi connectivity index (χ3n) is 5.42. The van der Waals surface area contributed by atoms with E-state index in [0.717, 1.165) is 16.7 Å². The van der Waals surface area contributed by atoms with Crippen LogP contribution in [0.25, 0.3) is 6.08 Å². The highest BCUT2D eigenvalue weighted by atomic mass is 32.2. The average molecular weight is 522 g/mol. The van der Waals surface area contributed by atoms with Crippen molar-refractivity contribution >= 4 is 40.4 Å². The van der Waals surface area contributed by atoms with Crippen LogP contribution in [0.2, 0.25) is 0 Å². The third-order valence-corrected chi connectivity index (χ3v) is 6.33. The van der Waals surface area contributed by atoms with Crippen molar-refractivity contribution in [2.75, 3.05) is 7.11 Å². The molecule has 0 atom stereocenters. The van der Waals surface area contributed by atoms with Crippen LogP contribution in [-0.4, -0.2) is 33.0 Å². The molecule has 1 fully saturated rings. The fraction of sp³-hybridized carbons (Fsp3) is 0.120. The number of ether oxygens (including phenoxy) is 2. The molecule has 1 aliphatic rings. The van der Waals surface area contributed by atoms with Gasteiger partial charge in [0.15, 0.2) is 11.5 Å². The highest BCUT2D eigenvalue weighted by molar-refractivity contribution is 8.18. The summed E-state index contributed by atoms with van der Waals surface area (Å²) in [4.78, 5) is 47.6. The first-order chi connectivity index (χ1) is 17.8. The molecule has 0 bridgehead atoms. The SMILES string of the molecule is COc1cc(/C=C2\SC(=O)N(Cc3ccc([N+](=O)[O-])cc3)C2=O)ccc1OCc1ccccc1[N+](=O)[O-]. The zero-order valence-corrected chi connectivity index (χ0v) is 20.2. The topological polar surface area (TPSA) is 142 Å². The van der Waals surface area contributed by atoms with Crippen molar-refractivity contribution in [2.24, 2.45) is 0 Å². The van der Waals surface area contributed by atoms with Crippen LogP contribution in [0.4, 0.5) is 16.2 Å². The molecule has 1 saturated heterocycles. The fourth-order valence-corrected chi connectivity index (χ4v) is 4.39. The highest BCUT2D eigenvalue weighted by Gasteiger charge is 2.35. The van der Waals surface area contributed by atoms with Gasteiger partial charge in [0.2, 0.25) is 0 Å². The van der Waals surface area contributed by atoms with E-state index in [4.69, 9.17) is 9.47 Å². The summed E-state index contributed by atoms with van der Waals surface area (Å²) in [5.74, 6) is 0.213. The number of carbonyl (C=O) groups is 2. The summed E-state index contributed by atoms with van der Waals surface area (Å²) in [7, 11) is 1.44. The molecule has 2 amide bonds. The summed E-state index contributed by atoms with van der Waals surface area (Å²) in [6.07, 6.45) is 1.55. The number of imide groups is 1. The molecule has 0 N–H and O–H groups in total. The van der Waals surface area contributed by atoms with Gasteiger partial charge in [0.25, 0.3) is 22.5 Å². The van der Waals surface area contributed by atoms with Crippen molar-refractivity contribution in [3.05, 3.63) is 109 Å². The summed E-state index contributed by atoms with van der Waals surface area (Å²) in [5, 5.41) is 21.6. The molecule has 0 radical (unpaired) electrons. The first kappa shape index (κ1) is 25.4. The fourth-order valence-electron chi connectivity index (χ4n) is 3.55. The predicted octanol–water partition coefficient (Wildman–Crippen LogP) is 5.33. The molecule has 1 heterocycles. The first-order valence-corrected chi connectivity index (χ1v) is 11.6. The van der Waals surface area contributed by atoms with E-state index in [2.05, 4.69) is 0 Å². The molecular formula is C25H19N3O8S. The van der Waals surface area contributed by atoms with Gasteiger partial charge in [-0.3, -0.25) is 34.7 Å². The number of rotatable bonds is 9. The molecule has 1 aliphatic heterocycles. The number of nitro groups is 2. The van der Waals surface area contributed by atoms with Gasteiger partial charge in [0.1, 0.15) is 6.61 Å². The maximum Gasteiger partial charge on any atom is 0.293 e. The van der Waals surface area contributed by atoms with Crippen LogP contribution in [0, 0.1) is 20.2 Å². The molecule has 4 rings (SSSR count). The van der Waals surface area contributed by atoms with Gasteiger partial charge >= 0.3 is 0 Å². The summed E-state index contributed by atoms with van der Waals surface area (Å²) in [6.45, 7) is -0.0594. The van der Waals surface area contributed by atoms with Crippen molar-refractivity contribution in [1.82, 2.24) is 4.90 Å². The van der Waals surface area contributed by atoms with Gasteiger partial charge in [-0.15, -0.1) is 0 Å². The van der Waals surface area contributed by atoms with Crippen molar-refractivity contribution < 1.29 is 28.9 Å². The average Bonchev–Trinajstić information content (AvgIpc) is 3.15. The second kappa shape index (κ2) is 10.9. The highest BCUT2D eigenvalue weighted by Crippen LogP contribution is 2.36. The molecular weight excluding hydrogens is 502 g/mol. The number of nitro benzene ring substituents is 2. The zero-order chi connectivity index (χ0) is 26.5. The number of carbonyl (C=O) groups excluding carboxylic acids is 2.